The van der Waals surface area contributed by atoms with Crippen molar-refractivity contribution in [3.05, 3.63) is 63.6 Å². The van der Waals surface area contributed by atoms with Gasteiger partial charge in [-0.3, -0.25) is 0 Å². The first-order valence-electron chi connectivity index (χ1n) is 7.30. The summed E-state index contributed by atoms with van der Waals surface area (Å²) in [5.74, 6) is -0.507. The predicted molar refractivity (Wildman–Crippen MR) is 94.2 cm³/mol. The van der Waals surface area contributed by atoms with Crippen LogP contribution in [0.4, 0.5) is 0 Å². The molecule has 0 atom stereocenters. The number of aromatic carboxylic acids is 1. The van der Waals surface area contributed by atoms with Crippen LogP contribution in [0.15, 0.2) is 46.9 Å². The van der Waals surface area contributed by atoms with Crippen LogP contribution in [0, 0.1) is 11.3 Å². The van der Waals surface area contributed by atoms with Crippen molar-refractivity contribution < 1.29 is 14.6 Å². The Morgan fingerprint density at radius 2 is 1.83 bits per heavy atom. The van der Waals surface area contributed by atoms with Gasteiger partial charge < -0.3 is 14.6 Å². The standard InChI is InChI=1S/C19H16BrNO3/c1-12(2)24-18-8-3-13(10-17(18)20)9-16(11-21)14-4-6-15(7-5-14)19(22)23/h3-10,12H,1-2H3,(H,22,23)/p-1/b16-9-. The fraction of sp³-hybridized carbons (Fsp3) is 0.158. The fourth-order valence-corrected chi connectivity index (χ4v) is 2.58. The Morgan fingerprint density at radius 3 is 2.33 bits per heavy atom. The molecule has 0 amide bonds. The first-order valence-corrected chi connectivity index (χ1v) is 8.10. The van der Waals surface area contributed by atoms with Gasteiger partial charge in [0.2, 0.25) is 0 Å². The van der Waals surface area contributed by atoms with Gasteiger partial charge in [0.05, 0.1) is 28.2 Å². The summed E-state index contributed by atoms with van der Waals surface area (Å²) in [5.41, 5.74) is 1.98. The Hall–Kier alpha value is -2.58. The largest absolute Gasteiger partial charge is 0.545 e. The van der Waals surface area contributed by atoms with E-state index in [0.717, 1.165) is 15.8 Å². The van der Waals surface area contributed by atoms with Crippen LogP contribution in [0.2, 0.25) is 0 Å². The van der Waals surface area contributed by atoms with E-state index < -0.39 is 5.97 Å². The van der Waals surface area contributed by atoms with Crippen LogP contribution in [0.1, 0.15) is 35.3 Å². The number of halogens is 1. The second-order valence-electron chi connectivity index (χ2n) is 5.39. The predicted octanol–water partition coefficient (Wildman–Crippen LogP) is 3.66. The number of hydrogen-bond donors (Lipinski definition) is 0. The average Bonchev–Trinajstić information content (AvgIpc) is 2.55. The van der Waals surface area contributed by atoms with Gasteiger partial charge in [-0.15, -0.1) is 0 Å². The van der Waals surface area contributed by atoms with Crippen molar-refractivity contribution in [2.24, 2.45) is 0 Å². The van der Waals surface area contributed by atoms with Crippen molar-refractivity contribution in [1.82, 2.24) is 0 Å². The van der Waals surface area contributed by atoms with Crippen LogP contribution >= 0.6 is 15.9 Å². The van der Waals surface area contributed by atoms with E-state index in [4.69, 9.17) is 4.74 Å². The molecule has 122 valence electrons. The number of carboxylic acid groups (broad SMARTS) is 1. The highest BCUT2D eigenvalue weighted by molar-refractivity contribution is 9.10. The van der Waals surface area contributed by atoms with Gasteiger partial charge in [0.1, 0.15) is 5.75 Å². The molecule has 2 aromatic rings. The third kappa shape index (κ3) is 4.46. The third-order valence-electron chi connectivity index (χ3n) is 3.18. The van der Waals surface area contributed by atoms with E-state index >= 15 is 0 Å². The molecule has 4 nitrogen and oxygen atoms in total. The van der Waals surface area contributed by atoms with Gasteiger partial charge in [0, 0.05) is 0 Å². The normalized spacial score (nSPS) is 11.2. The van der Waals surface area contributed by atoms with E-state index in [0.29, 0.717) is 11.1 Å². The minimum Gasteiger partial charge on any atom is -0.545 e. The molecule has 0 aliphatic heterocycles. The van der Waals surface area contributed by atoms with Crippen LogP contribution in [0.5, 0.6) is 5.75 Å². The number of benzene rings is 2. The number of hydrogen-bond acceptors (Lipinski definition) is 4. The van der Waals surface area contributed by atoms with Crippen molar-refractivity contribution in [3.63, 3.8) is 0 Å². The summed E-state index contributed by atoms with van der Waals surface area (Å²) in [4.78, 5) is 10.8. The van der Waals surface area contributed by atoms with E-state index in [2.05, 4.69) is 22.0 Å². The molecule has 24 heavy (non-hydrogen) atoms. The number of rotatable bonds is 5. The highest BCUT2D eigenvalue weighted by Gasteiger charge is 2.06. The van der Waals surface area contributed by atoms with E-state index in [9.17, 15) is 15.2 Å². The highest BCUT2D eigenvalue weighted by Crippen LogP contribution is 2.28. The van der Waals surface area contributed by atoms with Gasteiger partial charge in [-0.2, -0.15) is 5.26 Å². The summed E-state index contributed by atoms with van der Waals surface area (Å²) in [6, 6.07) is 13.7. The summed E-state index contributed by atoms with van der Waals surface area (Å²) < 4.78 is 6.46. The summed E-state index contributed by atoms with van der Waals surface area (Å²) >= 11 is 3.46. The molecule has 0 aliphatic carbocycles. The minimum absolute atomic E-state index is 0.0691. The quantitative estimate of drug-likeness (QED) is 0.582. The second-order valence-corrected chi connectivity index (χ2v) is 6.25. The van der Waals surface area contributed by atoms with E-state index in [1.807, 2.05) is 32.0 Å². The Labute approximate surface area is 149 Å². The van der Waals surface area contributed by atoms with Gasteiger partial charge in [-0.25, -0.2) is 0 Å². The molecule has 0 aromatic heterocycles. The van der Waals surface area contributed by atoms with E-state index in [-0.39, 0.29) is 11.7 Å². The Balaban J connectivity index is 2.32. The lowest BCUT2D eigenvalue weighted by atomic mass is 10.0. The highest BCUT2D eigenvalue weighted by atomic mass is 79.9. The lowest BCUT2D eigenvalue weighted by molar-refractivity contribution is -0.255. The van der Waals surface area contributed by atoms with Gasteiger partial charge in [-0.1, -0.05) is 30.3 Å². The van der Waals surface area contributed by atoms with Crippen molar-refractivity contribution in [2.75, 3.05) is 0 Å². The molecule has 0 spiro atoms. The zero-order chi connectivity index (χ0) is 17.7. The molecule has 0 bridgehead atoms. The minimum atomic E-state index is -1.24. The Morgan fingerprint density at radius 1 is 1.21 bits per heavy atom. The van der Waals surface area contributed by atoms with Crippen molar-refractivity contribution >= 4 is 33.5 Å². The molecule has 0 saturated carbocycles. The average molecular weight is 385 g/mol. The van der Waals surface area contributed by atoms with Crippen molar-refractivity contribution in [2.45, 2.75) is 20.0 Å². The van der Waals surface area contributed by atoms with Gasteiger partial charge in [0.15, 0.2) is 0 Å². The molecule has 5 heteroatoms. The molecule has 0 radical (unpaired) electrons. The third-order valence-corrected chi connectivity index (χ3v) is 3.80. The number of carboxylic acids is 1. The Kier molecular flexibility index (Phi) is 5.78. The first-order chi connectivity index (χ1) is 11.4. The molecule has 0 N–H and O–H groups in total. The molecule has 0 fully saturated rings. The molecule has 2 aromatic carbocycles. The zero-order valence-electron chi connectivity index (χ0n) is 13.2. The second kappa shape index (κ2) is 7.80. The molecule has 2 rings (SSSR count). The van der Waals surface area contributed by atoms with Crippen LogP contribution in [-0.4, -0.2) is 12.1 Å². The molecular formula is C19H15BrNO3-. The topological polar surface area (TPSA) is 73.1 Å². The molecule has 0 aliphatic rings. The lowest BCUT2D eigenvalue weighted by Gasteiger charge is -2.11. The summed E-state index contributed by atoms with van der Waals surface area (Å²) in [7, 11) is 0. The summed E-state index contributed by atoms with van der Waals surface area (Å²) in [5, 5.41) is 20.2. The molecule has 0 unspecified atom stereocenters. The fourth-order valence-electron chi connectivity index (χ4n) is 2.09. The van der Waals surface area contributed by atoms with E-state index in [1.165, 1.54) is 12.1 Å². The number of ether oxygens (including phenoxy) is 1. The van der Waals surface area contributed by atoms with E-state index in [1.54, 1.807) is 18.2 Å². The summed E-state index contributed by atoms with van der Waals surface area (Å²) in [6.07, 6.45) is 1.80. The van der Waals surface area contributed by atoms with Crippen molar-refractivity contribution in [1.29, 1.82) is 5.26 Å². The molecular weight excluding hydrogens is 370 g/mol. The number of allylic oxidation sites excluding steroid dienone is 1. The van der Waals surface area contributed by atoms with Gasteiger partial charge >= 0.3 is 0 Å². The van der Waals surface area contributed by atoms with Crippen LogP contribution < -0.4 is 9.84 Å². The number of nitrogens with zero attached hydrogens (tertiary/aromatic N) is 1. The van der Waals surface area contributed by atoms with Crippen molar-refractivity contribution in [3.8, 4) is 11.8 Å². The maximum Gasteiger partial charge on any atom is 0.133 e. The lowest BCUT2D eigenvalue weighted by Crippen LogP contribution is -2.21. The maximum absolute atomic E-state index is 10.8. The number of nitriles is 1. The van der Waals surface area contributed by atoms with Gasteiger partial charge in [0.25, 0.3) is 0 Å². The smallest absolute Gasteiger partial charge is 0.133 e. The van der Waals surface area contributed by atoms with Gasteiger partial charge in [-0.05, 0) is 64.7 Å². The maximum atomic E-state index is 10.8. The van der Waals surface area contributed by atoms with Crippen LogP contribution in [0.3, 0.4) is 0 Å². The molecule has 0 heterocycles. The molecule has 0 saturated heterocycles. The van der Waals surface area contributed by atoms with Crippen LogP contribution in [-0.2, 0) is 0 Å². The SMILES string of the molecule is CC(C)Oc1ccc(/C=C(/C#N)c2ccc(C(=O)[O-])cc2)cc1Br. The summed E-state index contributed by atoms with van der Waals surface area (Å²) in [6.45, 7) is 3.90. The number of carbonyl (C=O) groups is 1. The monoisotopic (exact) mass is 384 g/mol. The zero-order valence-corrected chi connectivity index (χ0v) is 14.8. The first kappa shape index (κ1) is 17.8. The number of carbonyl (C=O) groups excluding carboxylic acids is 1. The van der Waals surface area contributed by atoms with Crippen LogP contribution in [0.25, 0.3) is 11.6 Å². The Bertz CT molecular complexity index is 817.